The van der Waals surface area contributed by atoms with Crippen molar-refractivity contribution in [2.45, 2.75) is 26.2 Å². The summed E-state index contributed by atoms with van der Waals surface area (Å²) in [4.78, 5) is 4.57. The summed E-state index contributed by atoms with van der Waals surface area (Å²) in [5.41, 5.74) is 5.72. The molecule has 0 saturated carbocycles. The van der Waals surface area contributed by atoms with Gasteiger partial charge < -0.3 is 0 Å². The van der Waals surface area contributed by atoms with Crippen molar-refractivity contribution in [3.63, 3.8) is 0 Å². The Balaban J connectivity index is 2.06. The normalized spacial score (nSPS) is 11.5. The summed E-state index contributed by atoms with van der Waals surface area (Å²) in [7, 11) is 0. The predicted molar refractivity (Wildman–Crippen MR) is 107 cm³/mol. The van der Waals surface area contributed by atoms with Crippen molar-refractivity contribution < 1.29 is 0 Å². The number of benzene rings is 2. The molecule has 3 aromatic rings. The van der Waals surface area contributed by atoms with E-state index in [1.807, 2.05) is 36.5 Å². The van der Waals surface area contributed by atoms with Gasteiger partial charge in [0.2, 0.25) is 0 Å². The van der Waals surface area contributed by atoms with Gasteiger partial charge in [-0.05, 0) is 64.6 Å². The maximum atomic E-state index is 5.99. The van der Waals surface area contributed by atoms with Gasteiger partial charge in [0.05, 0.1) is 5.69 Å². The van der Waals surface area contributed by atoms with E-state index < -0.39 is 0 Å². The van der Waals surface area contributed by atoms with Crippen molar-refractivity contribution in [3.05, 3.63) is 75.9 Å². The molecule has 0 unspecified atom stereocenters. The van der Waals surface area contributed by atoms with Crippen molar-refractivity contribution in [3.8, 4) is 22.4 Å². The van der Waals surface area contributed by atoms with Crippen LogP contribution in [0.1, 0.15) is 26.3 Å². The molecule has 0 aliphatic heterocycles. The zero-order valence-electron chi connectivity index (χ0n) is 14.0. The minimum absolute atomic E-state index is 0.0896. The first kappa shape index (κ1) is 17.2. The number of hydrogen-bond acceptors (Lipinski definition) is 1. The molecule has 1 nitrogen and oxygen atoms in total. The highest BCUT2D eigenvalue weighted by atomic mass is 79.9. The summed E-state index contributed by atoms with van der Waals surface area (Å²) < 4.78 is 1.07. The summed E-state index contributed by atoms with van der Waals surface area (Å²) in [5.74, 6) is 0. The van der Waals surface area contributed by atoms with Crippen LogP contribution in [0.3, 0.4) is 0 Å². The Labute approximate surface area is 156 Å². The van der Waals surface area contributed by atoms with E-state index in [0.717, 1.165) is 31.9 Å². The molecule has 0 atom stereocenters. The van der Waals surface area contributed by atoms with Crippen molar-refractivity contribution in [2.75, 3.05) is 0 Å². The van der Waals surface area contributed by atoms with Crippen LogP contribution in [-0.4, -0.2) is 4.98 Å². The Morgan fingerprint density at radius 1 is 0.833 bits per heavy atom. The van der Waals surface area contributed by atoms with Crippen molar-refractivity contribution in [2.24, 2.45) is 0 Å². The van der Waals surface area contributed by atoms with Gasteiger partial charge in [0.1, 0.15) is 0 Å². The molecule has 0 amide bonds. The van der Waals surface area contributed by atoms with Crippen molar-refractivity contribution >= 4 is 27.5 Å². The summed E-state index contributed by atoms with van der Waals surface area (Å²) in [6.45, 7) is 6.66. The fourth-order valence-electron chi connectivity index (χ4n) is 2.58. The van der Waals surface area contributed by atoms with E-state index in [1.165, 1.54) is 5.56 Å². The van der Waals surface area contributed by atoms with E-state index in [4.69, 9.17) is 11.6 Å². The molecule has 0 radical (unpaired) electrons. The highest BCUT2D eigenvalue weighted by molar-refractivity contribution is 9.10. The summed E-state index contributed by atoms with van der Waals surface area (Å²) in [5, 5.41) is 0.745. The molecular weight excluding hydrogens is 382 g/mol. The molecule has 2 aromatic carbocycles. The average Bonchev–Trinajstić information content (AvgIpc) is 2.54. The molecule has 0 bridgehead atoms. The fourth-order valence-corrected chi connectivity index (χ4v) is 3.20. The maximum absolute atomic E-state index is 5.99. The number of aromatic nitrogens is 1. The molecule has 3 rings (SSSR count). The third-order valence-corrected chi connectivity index (χ3v) is 4.71. The SMILES string of the molecule is CC(C)(C)c1cc(Br)cc(-c2cc(-c3ccc(Cl)cc3)ccn2)c1. The molecule has 0 saturated heterocycles. The first-order chi connectivity index (χ1) is 11.3. The second-order valence-corrected chi connectivity index (χ2v) is 8.27. The predicted octanol–water partition coefficient (Wildman–Crippen LogP) is 7.13. The van der Waals surface area contributed by atoms with Crippen molar-refractivity contribution in [1.29, 1.82) is 0 Å². The number of halogens is 2. The van der Waals surface area contributed by atoms with E-state index in [2.05, 4.69) is 66.0 Å². The Morgan fingerprint density at radius 3 is 2.21 bits per heavy atom. The smallest absolute Gasteiger partial charge is 0.0708 e. The molecule has 1 heterocycles. The Kier molecular flexibility index (Phi) is 4.80. The summed E-state index contributed by atoms with van der Waals surface area (Å²) in [6, 6.07) is 18.5. The van der Waals surface area contributed by atoms with E-state index >= 15 is 0 Å². The van der Waals surface area contributed by atoms with E-state index in [0.29, 0.717) is 0 Å². The second kappa shape index (κ2) is 6.70. The molecule has 0 fully saturated rings. The third kappa shape index (κ3) is 3.88. The lowest BCUT2D eigenvalue weighted by atomic mass is 9.86. The Morgan fingerprint density at radius 2 is 1.54 bits per heavy atom. The highest BCUT2D eigenvalue weighted by Crippen LogP contribution is 2.32. The van der Waals surface area contributed by atoms with E-state index in [-0.39, 0.29) is 5.41 Å². The Hall–Kier alpha value is -1.64. The van der Waals surface area contributed by atoms with Crippen LogP contribution in [0.5, 0.6) is 0 Å². The van der Waals surface area contributed by atoms with Gasteiger partial charge in [-0.1, -0.05) is 60.4 Å². The molecule has 3 heteroatoms. The van der Waals surface area contributed by atoms with Gasteiger partial charge in [-0.25, -0.2) is 0 Å². The van der Waals surface area contributed by atoms with Crippen LogP contribution in [0, 0.1) is 0 Å². The van der Waals surface area contributed by atoms with Gasteiger partial charge in [0.15, 0.2) is 0 Å². The van der Waals surface area contributed by atoms with Crippen LogP contribution in [0.25, 0.3) is 22.4 Å². The molecule has 1 aromatic heterocycles. The van der Waals surface area contributed by atoms with Crippen LogP contribution >= 0.6 is 27.5 Å². The standard InChI is InChI=1S/C21H19BrClN/c1-21(2,3)17-10-16(11-18(22)13-17)20-12-15(8-9-24-20)14-4-6-19(23)7-5-14/h4-13H,1-3H3. The van der Waals surface area contributed by atoms with Crippen LogP contribution in [-0.2, 0) is 5.41 Å². The maximum Gasteiger partial charge on any atom is 0.0708 e. The first-order valence-electron chi connectivity index (χ1n) is 7.86. The fraction of sp³-hybridized carbons (Fsp3) is 0.190. The van der Waals surface area contributed by atoms with Gasteiger partial charge in [0, 0.05) is 21.3 Å². The lowest BCUT2D eigenvalue weighted by molar-refractivity contribution is 0.590. The van der Waals surface area contributed by atoms with Gasteiger partial charge in [0.25, 0.3) is 0 Å². The molecule has 0 aliphatic rings. The average molecular weight is 401 g/mol. The minimum atomic E-state index is 0.0896. The number of pyridine rings is 1. The zero-order chi connectivity index (χ0) is 17.3. The minimum Gasteiger partial charge on any atom is -0.256 e. The first-order valence-corrected chi connectivity index (χ1v) is 9.03. The van der Waals surface area contributed by atoms with Gasteiger partial charge in [-0.3, -0.25) is 4.98 Å². The summed E-state index contributed by atoms with van der Waals surface area (Å²) >= 11 is 9.62. The lowest BCUT2D eigenvalue weighted by Crippen LogP contribution is -2.11. The van der Waals surface area contributed by atoms with Gasteiger partial charge >= 0.3 is 0 Å². The number of rotatable bonds is 2. The summed E-state index contributed by atoms with van der Waals surface area (Å²) in [6.07, 6.45) is 1.86. The van der Waals surface area contributed by atoms with E-state index in [9.17, 15) is 0 Å². The van der Waals surface area contributed by atoms with Crippen LogP contribution in [0.15, 0.2) is 65.3 Å². The molecule has 24 heavy (non-hydrogen) atoms. The molecule has 0 aliphatic carbocycles. The third-order valence-electron chi connectivity index (χ3n) is 4.00. The topological polar surface area (TPSA) is 12.9 Å². The quantitative estimate of drug-likeness (QED) is 0.446. The lowest BCUT2D eigenvalue weighted by Gasteiger charge is -2.20. The van der Waals surface area contributed by atoms with Crippen LogP contribution in [0.2, 0.25) is 5.02 Å². The molecule has 0 N–H and O–H groups in total. The molecule has 122 valence electrons. The number of hydrogen-bond donors (Lipinski definition) is 0. The largest absolute Gasteiger partial charge is 0.256 e. The molecular formula is C21H19BrClN. The van der Waals surface area contributed by atoms with Gasteiger partial charge in [-0.2, -0.15) is 0 Å². The van der Waals surface area contributed by atoms with Crippen LogP contribution < -0.4 is 0 Å². The highest BCUT2D eigenvalue weighted by Gasteiger charge is 2.16. The number of nitrogens with zero attached hydrogens (tertiary/aromatic N) is 1. The van der Waals surface area contributed by atoms with E-state index in [1.54, 1.807) is 0 Å². The van der Waals surface area contributed by atoms with Crippen LogP contribution in [0.4, 0.5) is 0 Å². The monoisotopic (exact) mass is 399 g/mol. The van der Waals surface area contributed by atoms with Crippen molar-refractivity contribution in [1.82, 2.24) is 4.98 Å². The zero-order valence-corrected chi connectivity index (χ0v) is 16.3. The molecule has 0 spiro atoms. The van der Waals surface area contributed by atoms with Gasteiger partial charge in [-0.15, -0.1) is 0 Å². The Bertz CT molecular complexity index is 864. The second-order valence-electron chi connectivity index (χ2n) is 6.92.